The van der Waals surface area contributed by atoms with E-state index in [1.54, 1.807) is 18.2 Å². The second-order valence-electron chi connectivity index (χ2n) is 4.54. The first-order valence-corrected chi connectivity index (χ1v) is 7.14. The maximum Gasteiger partial charge on any atom is 0.240 e. The maximum atomic E-state index is 11.9. The van der Waals surface area contributed by atoms with Crippen LogP contribution in [0.1, 0.15) is 25.0 Å². The monoisotopic (exact) mass is 256 g/mol. The molecule has 0 spiro atoms. The number of nitrogens with one attached hydrogen (secondary N) is 1. The molecule has 1 rings (SSSR count). The molecule has 1 aromatic carbocycles. The van der Waals surface area contributed by atoms with Gasteiger partial charge in [-0.25, -0.2) is 13.1 Å². The summed E-state index contributed by atoms with van der Waals surface area (Å²) < 4.78 is 26.5. The molecule has 96 valence electrons. The molecule has 0 aliphatic rings. The van der Waals surface area contributed by atoms with Crippen molar-refractivity contribution in [3.8, 4) is 0 Å². The van der Waals surface area contributed by atoms with E-state index in [1.165, 1.54) is 0 Å². The van der Waals surface area contributed by atoms with Crippen LogP contribution in [0, 0.1) is 12.8 Å². The summed E-state index contributed by atoms with van der Waals surface area (Å²) in [5.41, 5.74) is 7.41. The number of benzene rings is 1. The van der Waals surface area contributed by atoms with Crippen LogP contribution in [0.3, 0.4) is 0 Å². The molecule has 0 heterocycles. The van der Waals surface area contributed by atoms with Gasteiger partial charge in [0.25, 0.3) is 0 Å². The van der Waals surface area contributed by atoms with Gasteiger partial charge in [-0.3, -0.25) is 0 Å². The number of sulfonamides is 1. The Balaban J connectivity index is 2.96. The van der Waals surface area contributed by atoms with Crippen molar-refractivity contribution in [3.63, 3.8) is 0 Å². The molecule has 17 heavy (non-hydrogen) atoms. The van der Waals surface area contributed by atoms with Crippen molar-refractivity contribution < 1.29 is 8.42 Å². The van der Waals surface area contributed by atoms with Crippen LogP contribution in [0.15, 0.2) is 23.1 Å². The van der Waals surface area contributed by atoms with Gasteiger partial charge >= 0.3 is 0 Å². The minimum atomic E-state index is -3.39. The highest BCUT2D eigenvalue weighted by molar-refractivity contribution is 7.89. The molecule has 4 nitrogen and oxygen atoms in total. The fourth-order valence-corrected chi connectivity index (χ4v) is 2.72. The Morgan fingerprint density at radius 3 is 2.47 bits per heavy atom. The topological polar surface area (TPSA) is 72.2 Å². The van der Waals surface area contributed by atoms with Crippen molar-refractivity contribution in [2.24, 2.45) is 11.7 Å². The standard InChI is InChI=1S/C12H20N2O2S/c1-9(2)8-14-17(15,16)12-5-4-11(7-13)10(3)6-12/h4-6,9,14H,7-8,13H2,1-3H3. The van der Waals surface area contributed by atoms with Crippen molar-refractivity contribution >= 4 is 10.0 Å². The van der Waals surface area contributed by atoms with Crippen LogP contribution in [0.5, 0.6) is 0 Å². The fourth-order valence-electron chi connectivity index (χ4n) is 1.42. The smallest absolute Gasteiger partial charge is 0.240 e. The van der Waals surface area contributed by atoms with Crippen LogP contribution in [0.25, 0.3) is 0 Å². The third kappa shape index (κ3) is 3.80. The lowest BCUT2D eigenvalue weighted by atomic mass is 10.1. The molecule has 0 saturated carbocycles. The average molecular weight is 256 g/mol. The summed E-state index contributed by atoms with van der Waals surface area (Å²) in [4.78, 5) is 0.299. The Morgan fingerprint density at radius 1 is 1.35 bits per heavy atom. The molecule has 5 heteroatoms. The lowest BCUT2D eigenvalue weighted by Crippen LogP contribution is -2.27. The Morgan fingerprint density at radius 2 is 2.00 bits per heavy atom. The van der Waals surface area contributed by atoms with E-state index in [0.717, 1.165) is 11.1 Å². The molecule has 0 atom stereocenters. The molecule has 3 N–H and O–H groups in total. The molecule has 0 fully saturated rings. The van der Waals surface area contributed by atoms with Crippen LogP contribution in [-0.2, 0) is 16.6 Å². The highest BCUT2D eigenvalue weighted by Gasteiger charge is 2.14. The predicted molar refractivity (Wildman–Crippen MR) is 69.1 cm³/mol. The lowest BCUT2D eigenvalue weighted by molar-refractivity contribution is 0.560. The molecule has 0 unspecified atom stereocenters. The highest BCUT2D eigenvalue weighted by atomic mass is 32.2. The molecule has 1 aromatic rings. The van der Waals surface area contributed by atoms with E-state index in [4.69, 9.17) is 5.73 Å². The van der Waals surface area contributed by atoms with Gasteiger partial charge in [-0.1, -0.05) is 19.9 Å². The molecular weight excluding hydrogens is 236 g/mol. The van der Waals surface area contributed by atoms with E-state index in [9.17, 15) is 8.42 Å². The molecule has 0 aliphatic heterocycles. The van der Waals surface area contributed by atoms with Crippen molar-refractivity contribution in [1.29, 1.82) is 0 Å². The van der Waals surface area contributed by atoms with E-state index in [-0.39, 0.29) is 5.92 Å². The summed E-state index contributed by atoms with van der Waals surface area (Å²) in [7, 11) is -3.39. The summed E-state index contributed by atoms with van der Waals surface area (Å²) in [6, 6.07) is 5.02. The first kappa shape index (κ1) is 14.2. The third-order valence-electron chi connectivity index (χ3n) is 2.53. The van der Waals surface area contributed by atoms with Crippen LogP contribution in [0.2, 0.25) is 0 Å². The molecule has 0 aliphatic carbocycles. The second kappa shape index (κ2) is 5.62. The summed E-state index contributed by atoms with van der Waals surface area (Å²) in [6.07, 6.45) is 0. The number of hydrogen-bond acceptors (Lipinski definition) is 3. The lowest BCUT2D eigenvalue weighted by Gasteiger charge is -2.10. The molecular formula is C12H20N2O2S. The zero-order valence-electron chi connectivity index (χ0n) is 10.5. The van der Waals surface area contributed by atoms with Gasteiger partial charge in [0.05, 0.1) is 4.90 Å². The number of aryl methyl sites for hydroxylation is 1. The SMILES string of the molecule is Cc1cc(S(=O)(=O)NCC(C)C)ccc1CN. The Hall–Kier alpha value is -0.910. The fraction of sp³-hybridized carbons (Fsp3) is 0.500. The van der Waals surface area contributed by atoms with E-state index in [1.807, 2.05) is 20.8 Å². The number of hydrogen-bond donors (Lipinski definition) is 2. The van der Waals surface area contributed by atoms with Gasteiger partial charge in [0, 0.05) is 13.1 Å². The number of rotatable bonds is 5. The minimum Gasteiger partial charge on any atom is -0.326 e. The van der Waals surface area contributed by atoms with E-state index in [0.29, 0.717) is 18.0 Å². The maximum absolute atomic E-state index is 11.9. The third-order valence-corrected chi connectivity index (χ3v) is 3.95. The van der Waals surface area contributed by atoms with Crippen LogP contribution < -0.4 is 10.5 Å². The zero-order chi connectivity index (χ0) is 13.1. The molecule has 0 aromatic heterocycles. The quantitative estimate of drug-likeness (QED) is 0.836. The molecule has 0 radical (unpaired) electrons. The number of nitrogens with two attached hydrogens (primary N) is 1. The van der Waals surface area contributed by atoms with E-state index in [2.05, 4.69) is 4.72 Å². The van der Waals surface area contributed by atoms with Gasteiger partial charge in [0.1, 0.15) is 0 Å². The van der Waals surface area contributed by atoms with Crippen molar-refractivity contribution in [1.82, 2.24) is 4.72 Å². The van der Waals surface area contributed by atoms with Crippen LogP contribution >= 0.6 is 0 Å². The van der Waals surface area contributed by atoms with Gasteiger partial charge in [-0.05, 0) is 36.1 Å². The first-order valence-electron chi connectivity index (χ1n) is 5.66. The van der Waals surface area contributed by atoms with Crippen molar-refractivity contribution in [2.45, 2.75) is 32.2 Å². The zero-order valence-corrected chi connectivity index (χ0v) is 11.3. The van der Waals surface area contributed by atoms with Gasteiger partial charge < -0.3 is 5.73 Å². The minimum absolute atomic E-state index is 0.286. The highest BCUT2D eigenvalue weighted by Crippen LogP contribution is 2.15. The molecule has 0 amide bonds. The van der Waals surface area contributed by atoms with Crippen LogP contribution in [0.4, 0.5) is 0 Å². The Bertz CT molecular complexity index is 481. The Kier molecular flexibility index (Phi) is 4.68. The van der Waals surface area contributed by atoms with Crippen molar-refractivity contribution in [3.05, 3.63) is 29.3 Å². The van der Waals surface area contributed by atoms with E-state index >= 15 is 0 Å². The van der Waals surface area contributed by atoms with Gasteiger partial charge in [-0.2, -0.15) is 0 Å². The molecule has 0 saturated heterocycles. The van der Waals surface area contributed by atoms with Gasteiger partial charge in [-0.15, -0.1) is 0 Å². The van der Waals surface area contributed by atoms with Crippen molar-refractivity contribution in [2.75, 3.05) is 6.54 Å². The van der Waals surface area contributed by atoms with Gasteiger partial charge in [0.2, 0.25) is 10.0 Å². The largest absolute Gasteiger partial charge is 0.326 e. The summed E-state index contributed by atoms with van der Waals surface area (Å²) in [5, 5.41) is 0. The first-order chi connectivity index (χ1) is 7.86. The predicted octanol–water partition coefficient (Wildman–Crippen LogP) is 1.39. The summed E-state index contributed by atoms with van der Waals surface area (Å²) in [5.74, 6) is 0.286. The summed E-state index contributed by atoms with van der Waals surface area (Å²) in [6.45, 7) is 6.66. The van der Waals surface area contributed by atoms with E-state index < -0.39 is 10.0 Å². The molecule has 0 bridgehead atoms. The normalized spacial score (nSPS) is 12.1. The Labute approximate surface area is 103 Å². The van der Waals surface area contributed by atoms with Gasteiger partial charge in [0.15, 0.2) is 0 Å². The average Bonchev–Trinajstić information content (AvgIpc) is 2.26. The summed E-state index contributed by atoms with van der Waals surface area (Å²) >= 11 is 0. The second-order valence-corrected chi connectivity index (χ2v) is 6.31. The van der Waals surface area contributed by atoms with Crippen LogP contribution in [-0.4, -0.2) is 15.0 Å².